The van der Waals surface area contributed by atoms with Crippen LogP contribution in [0.25, 0.3) is 0 Å². The number of epoxide rings is 1. The van der Waals surface area contributed by atoms with Gasteiger partial charge in [0.1, 0.15) is 17.0 Å². The first-order chi connectivity index (χ1) is 5.62. The molecule has 1 atom stereocenters. The van der Waals surface area contributed by atoms with Gasteiger partial charge in [0.15, 0.2) is 0 Å². The van der Waals surface area contributed by atoms with Gasteiger partial charge in [0.05, 0.1) is 6.61 Å². The second-order valence-electron chi connectivity index (χ2n) is 4.02. The molecule has 2 fully saturated rings. The van der Waals surface area contributed by atoms with Gasteiger partial charge < -0.3 is 9.84 Å². The van der Waals surface area contributed by atoms with Crippen LogP contribution in [-0.2, 0) is 9.53 Å². The van der Waals surface area contributed by atoms with E-state index in [1.807, 2.05) is 6.92 Å². The summed E-state index contributed by atoms with van der Waals surface area (Å²) in [5, 5.41) is 9.04. The molecular weight excluding hydrogens is 156 g/mol. The van der Waals surface area contributed by atoms with E-state index >= 15 is 0 Å². The van der Waals surface area contributed by atoms with Crippen LogP contribution in [0.4, 0.5) is 0 Å². The van der Waals surface area contributed by atoms with Crippen LogP contribution in [0.5, 0.6) is 0 Å². The molecule has 0 radical (unpaired) electrons. The molecule has 1 aliphatic heterocycles. The van der Waals surface area contributed by atoms with Gasteiger partial charge in [-0.05, 0) is 19.8 Å². The van der Waals surface area contributed by atoms with Gasteiger partial charge in [-0.25, -0.2) is 0 Å². The van der Waals surface area contributed by atoms with Crippen molar-refractivity contribution in [3.05, 3.63) is 0 Å². The van der Waals surface area contributed by atoms with E-state index in [1.165, 1.54) is 0 Å². The molecule has 1 heterocycles. The number of ether oxygens (including phenoxy) is 1. The number of hydrogen-bond acceptors (Lipinski definition) is 3. The highest BCUT2D eigenvalue weighted by Crippen LogP contribution is 2.55. The number of hydrogen-bond donors (Lipinski definition) is 1. The molecule has 0 aromatic carbocycles. The molecule has 0 aromatic heterocycles. The van der Waals surface area contributed by atoms with Crippen LogP contribution in [0.15, 0.2) is 0 Å². The first-order valence-corrected chi connectivity index (χ1v) is 4.45. The molecule has 3 heteroatoms. The molecule has 2 aliphatic rings. The number of aliphatic hydroxyl groups excluding tert-OH is 1. The van der Waals surface area contributed by atoms with Crippen molar-refractivity contribution in [2.45, 2.75) is 43.8 Å². The molecule has 0 bridgehead atoms. The van der Waals surface area contributed by atoms with Gasteiger partial charge >= 0.3 is 0 Å². The van der Waals surface area contributed by atoms with Crippen LogP contribution in [0.2, 0.25) is 0 Å². The fourth-order valence-corrected chi connectivity index (χ4v) is 2.15. The van der Waals surface area contributed by atoms with Gasteiger partial charge in [0.2, 0.25) is 0 Å². The topological polar surface area (TPSA) is 49.8 Å². The number of rotatable bonds is 1. The van der Waals surface area contributed by atoms with E-state index < -0.39 is 0 Å². The minimum atomic E-state index is -0.353. The van der Waals surface area contributed by atoms with Crippen LogP contribution in [0, 0.1) is 0 Å². The van der Waals surface area contributed by atoms with Crippen molar-refractivity contribution >= 4 is 5.78 Å². The molecule has 0 aromatic rings. The molecule has 1 saturated heterocycles. The summed E-state index contributed by atoms with van der Waals surface area (Å²) in [5.74, 6) is 0.330. The summed E-state index contributed by atoms with van der Waals surface area (Å²) in [6.45, 7) is 1.99. The monoisotopic (exact) mass is 170 g/mol. The summed E-state index contributed by atoms with van der Waals surface area (Å²) in [5.41, 5.74) is -0.511. The van der Waals surface area contributed by atoms with Gasteiger partial charge in [0.25, 0.3) is 0 Å². The summed E-state index contributed by atoms with van der Waals surface area (Å²) in [6, 6.07) is 0. The Morgan fingerprint density at radius 1 is 1.50 bits per heavy atom. The average Bonchev–Trinajstić information content (AvgIpc) is 2.65. The lowest BCUT2D eigenvalue weighted by atomic mass is 9.80. The second-order valence-corrected chi connectivity index (χ2v) is 4.02. The molecule has 2 rings (SSSR count). The van der Waals surface area contributed by atoms with Gasteiger partial charge in [0, 0.05) is 12.8 Å². The van der Waals surface area contributed by atoms with Gasteiger partial charge in [-0.3, -0.25) is 4.79 Å². The van der Waals surface area contributed by atoms with E-state index in [0.29, 0.717) is 18.6 Å². The lowest BCUT2D eigenvalue weighted by Gasteiger charge is -2.19. The third kappa shape index (κ3) is 0.930. The summed E-state index contributed by atoms with van der Waals surface area (Å²) in [4.78, 5) is 11.0. The number of Topliss-reactive ketones (excluding diaryl/α,β-unsaturated/α-hetero) is 1. The van der Waals surface area contributed by atoms with Crippen LogP contribution in [-0.4, -0.2) is 28.7 Å². The molecule has 1 saturated carbocycles. The maximum absolute atomic E-state index is 11.0. The van der Waals surface area contributed by atoms with Crippen LogP contribution in [0.3, 0.4) is 0 Å². The Labute approximate surface area is 71.7 Å². The Hall–Kier alpha value is -0.410. The zero-order valence-electron chi connectivity index (χ0n) is 7.30. The molecular formula is C9H14O3. The van der Waals surface area contributed by atoms with Crippen molar-refractivity contribution in [1.29, 1.82) is 0 Å². The zero-order chi connectivity index (χ0) is 8.82. The minimum absolute atomic E-state index is 0.0706. The first kappa shape index (κ1) is 8.20. The molecule has 3 nitrogen and oxygen atoms in total. The predicted octanol–water partition coefficient (Wildman–Crippen LogP) is 0.649. The third-order valence-corrected chi connectivity index (χ3v) is 3.26. The normalized spacial score (nSPS) is 38.7. The Kier molecular flexibility index (Phi) is 1.57. The lowest BCUT2D eigenvalue weighted by molar-refractivity contribution is -0.121. The Bertz CT molecular complexity index is 214. The van der Waals surface area contributed by atoms with E-state index in [-0.39, 0.29) is 17.8 Å². The fourth-order valence-electron chi connectivity index (χ4n) is 2.15. The molecule has 12 heavy (non-hydrogen) atoms. The fraction of sp³-hybridized carbons (Fsp3) is 0.889. The van der Waals surface area contributed by atoms with E-state index in [2.05, 4.69) is 0 Å². The molecule has 1 N–H and O–H groups in total. The molecule has 0 amide bonds. The predicted molar refractivity (Wildman–Crippen MR) is 42.8 cm³/mol. The summed E-state index contributed by atoms with van der Waals surface area (Å²) in [7, 11) is 0. The highest BCUT2D eigenvalue weighted by atomic mass is 16.6. The maximum atomic E-state index is 11.0. The largest absolute Gasteiger partial charge is 0.393 e. The molecule has 1 unspecified atom stereocenters. The van der Waals surface area contributed by atoms with Crippen molar-refractivity contribution in [2.75, 3.05) is 6.61 Å². The van der Waals surface area contributed by atoms with Crippen molar-refractivity contribution < 1.29 is 14.6 Å². The van der Waals surface area contributed by atoms with Gasteiger partial charge in [-0.2, -0.15) is 0 Å². The van der Waals surface area contributed by atoms with Gasteiger partial charge in [-0.1, -0.05) is 0 Å². The van der Waals surface area contributed by atoms with Crippen molar-refractivity contribution in [3.8, 4) is 0 Å². The molecule has 68 valence electrons. The Morgan fingerprint density at radius 3 is 2.50 bits per heavy atom. The lowest BCUT2D eigenvalue weighted by Crippen LogP contribution is -2.31. The smallest absolute Gasteiger partial charge is 0.133 e. The van der Waals surface area contributed by atoms with Crippen LogP contribution >= 0.6 is 0 Å². The Balaban J connectivity index is 2.04. The number of ketones is 1. The van der Waals surface area contributed by atoms with E-state index in [9.17, 15) is 4.79 Å². The Morgan fingerprint density at radius 2 is 2.08 bits per heavy atom. The van der Waals surface area contributed by atoms with Crippen LogP contribution < -0.4 is 0 Å². The standard InChI is InChI=1S/C9H14O3/c1-8(6-10)9(12-8)4-2-7(11)3-5-9/h10H,2-6H2,1H3. The summed E-state index contributed by atoms with van der Waals surface area (Å²) in [6.07, 6.45) is 2.83. The highest BCUT2D eigenvalue weighted by Gasteiger charge is 2.66. The summed E-state index contributed by atoms with van der Waals surface area (Å²) < 4.78 is 5.53. The second kappa shape index (κ2) is 2.30. The van der Waals surface area contributed by atoms with Crippen molar-refractivity contribution in [2.24, 2.45) is 0 Å². The van der Waals surface area contributed by atoms with Crippen LogP contribution in [0.1, 0.15) is 32.6 Å². The number of aliphatic hydroxyl groups is 1. The maximum Gasteiger partial charge on any atom is 0.133 e. The zero-order valence-corrected chi connectivity index (χ0v) is 7.30. The number of carbonyl (C=O) groups is 1. The first-order valence-electron chi connectivity index (χ1n) is 4.45. The average molecular weight is 170 g/mol. The number of carbonyl (C=O) groups excluding carboxylic acids is 1. The van der Waals surface area contributed by atoms with E-state index in [1.54, 1.807) is 0 Å². The van der Waals surface area contributed by atoms with E-state index in [4.69, 9.17) is 9.84 Å². The van der Waals surface area contributed by atoms with Crippen molar-refractivity contribution in [1.82, 2.24) is 0 Å². The van der Waals surface area contributed by atoms with Crippen molar-refractivity contribution in [3.63, 3.8) is 0 Å². The quantitative estimate of drug-likeness (QED) is 0.588. The summed E-state index contributed by atoms with van der Waals surface area (Å²) >= 11 is 0. The molecule has 1 spiro atoms. The molecule has 1 aliphatic carbocycles. The van der Waals surface area contributed by atoms with Gasteiger partial charge in [-0.15, -0.1) is 0 Å². The highest BCUT2D eigenvalue weighted by molar-refractivity contribution is 5.79. The van der Waals surface area contributed by atoms with E-state index in [0.717, 1.165) is 12.8 Å². The SMILES string of the molecule is CC1(CO)OC12CCC(=O)CC2. The third-order valence-electron chi connectivity index (χ3n) is 3.26. The minimum Gasteiger partial charge on any atom is -0.393 e.